The summed E-state index contributed by atoms with van der Waals surface area (Å²) in [7, 11) is 0. The van der Waals surface area contributed by atoms with Crippen molar-refractivity contribution in [3.63, 3.8) is 0 Å². The summed E-state index contributed by atoms with van der Waals surface area (Å²) in [6.07, 6.45) is 0. The van der Waals surface area contributed by atoms with Crippen LogP contribution in [0.4, 0.5) is 5.69 Å². The molecule has 0 amide bonds. The van der Waals surface area contributed by atoms with E-state index in [4.69, 9.17) is 15.6 Å². The average Bonchev–Trinajstić information content (AvgIpc) is 2.32. The zero-order chi connectivity index (χ0) is 12.8. The van der Waals surface area contributed by atoms with Crippen molar-refractivity contribution in [2.24, 2.45) is 5.10 Å². The fourth-order valence-electron chi connectivity index (χ4n) is 1.12. The molecule has 0 radical (unpaired) electrons. The van der Waals surface area contributed by atoms with Gasteiger partial charge in [-0.25, -0.2) is 4.79 Å². The van der Waals surface area contributed by atoms with Crippen LogP contribution < -0.4 is 5.43 Å². The molecule has 0 spiro atoms. The highest BCUT2D eigenvalue weighted by Gasteiger charge is 2.07. The van der Waals surface area contributed by atoms with Crippen molar-refractivity contribution in [2.75, 3.05) is 5.43 Å². The number of hydrazone groups is 1. The number of anilines is 1. The van der Waals surface area contributed by atoms with Crippen molar-refractivity contribution in [3.8, 4) is 12.1 Å². The fourth-order valence-corrected chi connectivity index (χ4v) is 1.12. The van der Waals surface area contributed by atoms with Gasteiger partial charge in [0.25, 0.3) is 0 Å². The highest BCUT2D eigenvalue weighted by molar-refractivity contribution is 6.10. The number of hydrogen-bond acceptors (Lipinski definition) is 5. The number of carbonyl (C=O) groups is 1. The van der Waals surface area contributed by atoms with E-state index in [1.54, 1.807) is 31.2 Å². The molecular formula is C11H8N4O2. The SMILES string of the molecule is Cc1ccc(NN=C(C#N)C#N)cc1C(=O)O. The van der Waals surface area contributed by atoms with Gasteiger partial charge in [-0.3, -0.25) is 5.43 Å². The van der Waals surface area contributed by atoms with Gasteiger partial charge in [-0.2, -0.15) is 15.6 Å². The quantitative estimate of drug-likeness (QED) is 0.601. The highest BCUT2D eigenvalue weighted by Crippen LogP contribution is 2.15. The van der Waals surface area contributed by atoms with Gasteiger partial charge in [0.15, 0.2) is 0 Å². The molecule has 0 saturated heterocycles. The first kappa shape index (κ1) is 12.2. The summed E-state index contributed by atoms with van der Waals surface area (Å²) in [5, 5.41) is 29.3. The zero-order valence-corrected chi connectivity index (χ0v) is 8.93. The summed E-state index contributed by atoms with van der Waals surface area (Å²) < 4.78 is 0. The van der Waals surface area contributed by atoms with Crippen molar-refractivity contribution in [1.82, 2.24) is 0 Å². The van der Waals surface area contributed by atoms with E-state index in [1.165, 1.54) is 6.07 Å². The molecule has 17 heavy (non-hydrogen) atoms. The monoisotopic (exact) mass is 228 g/mol. The van der Waals surface area contributed by atoms with Gasteiger partial charge >= 0.3 is 5.97 Å². The molecule has 6 nitrogen and oxygen atoms in total. The number of nitriles is 2. The van der Waals surface area contributed by atoms with Crippen molar-refractivity contribution >= 4 is 17.4 Å². The third-order valence-electron chi connectivity index (χ3n) is 1.98. The predicted molar refractivity (Wildman–Crippen MR) is 60.4 cm³/mol. The first-order chi connectivity index (χ1) is 8.08. The third-order valence-corrected chi connectivity index (χ3v) is 1.98. The second-order valence-corrected chi connectivity index (χ2v) is 3.13. The van der Waals surface area contributed by atoms with Crippen molar-refractivity contribution < 1.29 is 9.90 Å². The number of rotatable bonds is 3. The molecule has 0 aliphatic carbocycles. The maximum Gasteiger partial charge on any atom is 0.336 e. The molecule has 2 N–H and O–H groups in total. The Hall–Kier alpha value is -2.86. The summed E-state index contributed by atoms with van der Waals surface area (Å²) in [5.74, 6) is -1.05. The number of hydrogen-bond donors (Lipinski definition) is 2. The lowest BCUT2D eigenvalue weighted by Gasteiger charge is -2.04. The van der Waals surface area contributed by atoms with E-state index in [9.17, 15) is 4.79 Å². The molecule has 0 aliphatic rings. The van der Waals surface area contributed by atoms with Crippen LogP contribution in [0.25, 0.3) is 0 Å². The number of nitrogens with zero attached hydrogens (tertiary/aromatic N) is 3. The van der Waals surface area contributed by atoms with Crippen LogP contribution in [0.3, 0.4) is 0 Å². The van der Waals surface area contributed by atoms with Gasteiger partial charge in [0.05, 0.1) is 11.3 Å². The Kier molecular flexibility index (Phi) is 3.80. The standard InChI is InChI=1S/C11H8N4O2/c1-7-2-3-8(4-10(7)11(16)17)14-15-9(5-12)6-13/h2-4,14H,1H3,(H,16,17). The molecule has 1 aromatic rings. The van der Waals surface area contributed by atoms with Crippen LogP contribution in [-0.2, 0) is 0 Å². The van der Waals surface area contributed by atoms with E-state index in [0.717, 1.165) is 0 Å². The van der Waals surface area contributed by atoms with Crippen molar-refractivity contribution in [2.45, 2.75) is 6.92 Å². The Morgan fingerprint density at radius 2 is 2.06 bits per heavy atom. The van der Waals surface area contributed by atoms with Gasteiger partial charge in [-0.1, -0.05) is 6.07 Å². The topological polar surface area (TPSA) is 109 Å². The Morgan fingerprint density at radius 1 is 1.41 bits per heavy atom. The van der Waals surface area contributed by atoms with E-state index < -0.39 is 5.97 Å². The Bertz CT molecular complexity index is 548. The number of carboxylic acids is 1. The first-order valence-electron chi connectivity index (χ1n) is 4.56. The second-order valence-electron chi connectivity index (χ2n) is 3.13. The second kappa shape index (κ2) is 5.29. The fraction of sp³-hybridized carbons (Fsp3) is 0.0909. The molecule has 84 valence electrons. The number of aryl methyl sites for hydroxylation is 1. The van der Waals surface area contributed by atoms with Gasteiger partial charge in [0, 0.05) is 0 Å². The lowest BCUT2D eigenvalue weighted by Crippen LogP contribution is -2.02. The number of nitrogens with one attached hydrogen (secondary N) is 1. The van der Waals surface area contributed by atoms with Crippen LogP contribution in [0.5, 0.6) is 0 Å². The van der Waals surface area contributed by atoms with Gasteiger partial charge in [-0.05, 0) is 24.6 Å². The maximum absolute atomic E-state index is 10.9. The lowest BCUT2D eigenvalue weighted by molar-refractivity contribution is 0.0696. The van der Waals surface area contributed by atoms with Crippen molar-refractivity contribution in [1.29, 1.82) is 10.5 Å². The number of aromatic carboxylic acids is 1. The van der Waals surface area contributed by atoms with Crippen LogP contribution in [0.15, 0.2) is 23.3 Å². The molecule has 0 fully saturated rings. The van der Waals surface area contributed by atoms with E-state index in [2.05, 4.69) is 10.5 Å². The van der Waals surface area contributed by atoms with Crippen LogP contribution in [-0.4, -0.2) is 16.8 Å². The Balaban J connectivity index is 3.00. The summed E-state index contributed by atoms with van der Waals surface area (Å²) in [5.41, 5.74) is 3.27. The normalized spacial score (nSPS) is 8.65. The summed E-state index contributed by atoms with van der Waals surface area (Å²) in [6, 6.07) is 7.76. The molecule has 0 unspecified atom stereocenters. The summed E-state index contributed by atoms with van der Waals surface area (Å²) in [4.78, 5) is 10.9. The minimum atomic E-state index is -1.05. The number of carboxylic acid groups (broad SMARTS) is 1. The van der Waals surface area contributed by atoms with Crippen LogP contribution in [0.1, 0.15) is 15.9 Å². The van der Waals surface area contributed by atoms with Crippen LogP contribution in [0, 0.1) is 29.6 Å². The third kappa shape index (κ3) is 3.05. The highest BCUT2D eigenvalue weighted by atomic mass is 16.4. The molecule has 0 aliphatic heterocycles. The minimum Gasteiger partial charge on any atom is -0.478 e. The number of benzene rings is 1. The molecule has 0 heterocycles. The van der Waals surface area contributed by atoms with E-state index in [-0.39, 0.29) is 11.3 Å². The Labute approximate surface area is 97.4 Å². The van der Waals surface area contributed by atoms with Gasteiger partial charge in [-0.15, -0.1) is 0 Å². The molecular weight excluding hydrogens is 220 g/mol. The largest absolute Gasteiger partial charge is 0.478 e. The summed E-state index contributed by atoms with van der Waals surface area (Å²) in [6.45, 7) is 1.67. The van der Waals surface area contributed by atoms with Gasteiger partial charge in [0.1, 0.15) is 12.1 Å². The molecule has 1 aromatic carbocycles. The Morgan fingerprint density at radius 3 is 2.59 bits per heavy atom. The first-order valence-corrected chi connectivity index (χ1v) is 4.56. The zero-order valence-electron chi connectivity index (χ0n) is 8.93. The molecule has 0 aromatic heterocycles. The van der Waals surface area contributed by atoms with Crippen LogP contribution in [0.2, 0.25) is 0 Å². The van der Waals surface area contributed by atoms with Crippen LogP contribution >= 0.6 is 0 Å². The molecule has 0 bridgehead atoms. The van der Waals surface area contributed by atoms with E-state index in [1.807, 2.05) is 0 Å². The lowest BCUT2D eigenvalue weighted by atomic mass is 10.1. The maximum atomic E-state index is 10.9. The predicted octanol–water partition coefficient (Wildman–Crippen LogP) is 1.51. The van der Waals surface area contributed by atoms with E-state index in [0.29, 0.717) is 11.3 Å². The smallest absolute Gasteiger partial charge is 0.336 e. The average molecular weight is 228 g/mol. The molecule has 0 atom stereocenters. The van der Waals surface area contributed by atoms with Crippen molar-refractivity contribution in [3.05, 3.63) is 29.3 Å². The van der Waals surface area contributed by atoms with E-state index >= 15 is 0 Å². The van der Waals surface area contributed by atoms with Gasteiger partial charge in [0.2, 0.25) is 5.71 Å². The molecule has 6 heteroatoms. The minimum absolute atomic E-state index is 0.140. The van der Waals surface area contributed by atoms with Gasteiger partial charge < -0.3 is 5.11 Å². The molecule has 0 saturated carbocycles. The molecule has 1 rings (SSSR count). The summed E-state index contributed by atoms with van der Waals surface area (Å²) >= 11 is 0.